The number of carbonyl (C=O) groups excluding carboxylic acids is 3. The van der Waals surface area contributed by atoms with Crippen molar-refractivity contribution in [2.75, 3.05) is 12.3 Å². The second kappa shape index (κ2) is 11.3. The number of aromatic nitrogens is 1. The van der Waals surface area contributed by atoms with Gasteiger partial charge in [0.2, 0.25) is 5.91 Å². The predicted molar refractivity (Wildman–Crippen MR) is 112 cm³/mol. The summed E-state index contributed by atoms with van der Waals surface area (Å²) in [4.78, 5) is 32.9. The third-order valence-electron chi connectivity index (χ3n) is 5.05. The van der Waals surface area contributed by atoms with Crippen molar-refractivity contribution >= 4 is 28.6 Å². The Morgan fingerprint density at radius 1 is 1.30 bits per heavy atom. The van der Waals surface area contributed by atoms with E-state index in [9.17, 15) is 4.79 Å². The average Bonchev–Trinajstić information content (AvgIpc) is 2.70. The molecule has 0 radical (unpaired) electrons. The lowest BCUT2D eigenvalue weighted by Crippen LogP contribution is -2.44. The summed E-state index contributed by atoms with van der Waals surface area (Å²) in [6.45, 7) is 6.15. The van der Waals surface area contributed by atoms with Crippen LogP contribution >= 0.6 is 0 Å². The Labute approximate surface area is 176 Å². The zero-order valence-electron chi connectivity index (χ0n) is 17.6. The number of hydrogen-bond acceptors (Lipinski definition) is 7. The molecule has 0 bridgehead atoms. The number of benzene rings is 1. The summed E-state index contributed by atoms with van der Waals surface area (Å²) in [5.41, 5.74) is 8.66. The van der Waals surface area contributed by atoms with Gasteiger partial charge in [-0.3, -0.25) is 9.78 Å². The fraction of sp³-hybridized carbons (Fsp3) is 0.500. The lowest BCUT2D eigenvalue weighted by molar-refractivity contribution is -0.191. The molecule has 3 rings (SSSR count). The molecule has 1 aliphatic rings. The summed E-state index contributed by atoms with van der Waals surface area (Å²) in [5, 5.41) is 3.96. The number of carbonyl (C=O) groups is 1. The van der Waals surface area contributed by atoms with Gasteiger partial charge in [0.15, 0.2) is 0 Å². The zero-order valence-corrected chi connectivity index (χ0v) is 17.6. The molecule has 1 aromatic carbocycles. The molecule has 0 spiro atoms. The Kier molecular flexibility index (Phi) is 8.77. The summed E-state index contributed by atoms with van der Waals surface area (Å²) in [5.74, 6) is 0.749. The van der Waals surface area contributed by atoms with Crippen LogP contribution < -0.4 is 15.8 Å². The van der Waals surface area contributed by atoms with E-state index in [2.05, 4.69) is 10.3 Å². The average molecular weight is 415 g/mol. The van der Waals surface area contributed by atoms with Crippen LogP contribution in [0.5, 0.6) is 5.75 Å². The van der Waals surface area contributed by atoms with Crippen LogP contribution in [0.25, 0.3) is 10.9 Å². The number of nitrogens with zero attached hydrogens (tertiary/aromatic N) is 1. The SMILES string of the molecule is CCOC(C)C(=O)NC1CCC(Oc2cccc3nc(C)cc(N)c23)CC1.O=C=O. The van der Waals surface area contributed by atoms with E-state index in [1.165, 1.54) is 0 Å². The van der Waals surface area contributed by atoms with E-state index in [-0.39, 0.29) is 24.2 Å². The minimum absolute atomic E-state index is 0.0375. The van der Waals surface area contributed by atoms with Gasteiger partial charge in [0.05, 0.1) is 17.0 Å². The van der Waals surface area contributed by atoms with E-state index >= 15 is 0 Å². The Morgan fingerprint density at radius 2 is 1.97 bits per heavy atom. The van der Waals surface area contributed by atoms with E-state index in [4.69, 9.17) is 24.8 Å². The molecule has 3 N–H and O–H groups in total. The van der Waals surface area contributed by atoms with Crippen LogP contribution in [0.15, 0.2) is 24.3 Å². The van der Waals surface area contributed by atoms with E-state index in [0.717, 1.165) is 48.0 Å². The van der Waals surface area contributed by atoms with Crippen LogP contribution in [0, 0.1) is 6.92 Å². The van der Waals surface area contributed by atoms with Gasteiger partial charge in [-0.05, 0) is 64.7 Å². The summed E-state index contributed by atoms with van der Waals surface area (Å²) in [7, 11) is 0. The Hall–Kier alpha value is -2.96. The van der Waals surface area contributed by atoms with Gasteiger partial charge in [-0.25, -0.2) is 0 Å². The molecule has 1 saturated carbocycles. The van der Waals surface area contributed by atoms with Crippen LogP contribution in [0.2, 0.25) is 0 Å². The predicted octanol–water partition coefficient (Wildman–Crippen LogP) is 2.77. The number of aryl methyl sites for hydroxylation is 1. The molecule has 30 heavy (non-hydrogen) atoms. The highest BCUT2D eigenvalue weighted by atomic mass is 16.5. The first kappa shape index (κ1) is 23.3. The minimum atomic E-state index is -0.404. The van der Waals surface area contributed by atoms with Gasteiger partial charge in [-0.15, -0.1) is 0 Å². The molecular weight excluding hydrogens is 386 g/mol. The van der Waals surface area contributed by atoms with Gasteiger partial charge in [-0.2, -0.15) is 9.59 Å². The molecule has 1 aromatic heterocycles. The van der Waals surface area contributed by atoms with Crippen molar-refractivity contribution in [3.63, 3.8) is 0 Å². The van der Waals surface area contributed by atoms with Crippen molar-refractivity contribution in [1.29, 1.82) is 0 Å². The molecule has 1 fully saturated rings. The first-order valence-corrected chi connectivity index (χ1v) is 10.1. The smallest absolute Gasteiger partial charge is 0.373 e. The lowest BCUT2D eigenvalue weighted by Gasteiger charge is -2.30. The zero-order chi connectivity index (χ0) is 22.1. The first-order valence-electron chi connectivity index (χ1n) is 10.1. The van der Waals surface area contributed by atoms with E-state index < -0.39 is 6.10 Å². The second-order valence-electron chi connectivity index (χ2n) is 7.28. The number of fused-ring (bicyclic) bond motifs is 1. The molecule has 8 nitrogen and oxygen atoms in total. The molecule has 0 saturated heterocycles. The molecule has 1 amide bonds. The van der Waals surface area contributed by atoms with Gasteiger partial charge in [0, 0.05) is 24.0 Å². The van der Waals surface area contributed by atoms with Crippen LogP contribution in [0.1, 0.15) is 45.2 Å². The number of hydrogen-bond donors (Lipinski definition) is 2. The summed E-state index contributed by atoms with van der Waals surface area (Å²) >= 11 is 0. The van der Waals surface area contributed by atoms with Crippen molar-refractivity contribution in [2.45, 2.75) is 64.7 Å². The second-order valence-corrected chi connectivity index (χ2v) is 7.28. The molecule has 0 aliphatic heterocycles. The number of rotatable bonds is 6. The number of nitrogens with one attached hydrogen (secondary N) is 1. The Balaban J connectivity index is 0.00000101. The highest BCUT2D eigenvalue weighted by molar-refractivity contribution is 5.95. The van der Waals surface area contributed by atoms with Gasteiger partial charge in [-0.1, -0.05) is 6.07 Å². The Morgan fingerprint density at radius 3 is 2.60 bits per heavy atom. The number of nitrogen functional groups attached to an aromatic ring is 1. The quantitative estimate of drug-likeness (QED) is 0.744. The van der Waals surface area contributed by atoms with Crippen molar-refractivity contribution in [3.8, 4) is 5.75 Å². The van der Waals surface area contributed by atoms with Gasteiger partial charge < -0.3 is 20.5 Å². The molecule has 1 aliphatic carbocycles. The maximum Gasteiger partial charge on any atom is 0.373 e. The molecule has 1 atom stereocenters. The summed E-state index contributed by atoms with van der Waals surface area (Å²) < 4.78 is 11.6. The lowest BCUT2D eigenvalue weighted by atomic mass is 9.92. The number of pyridine rings is 1. The monoisotopic (exact) mass is 415 g/mol. The molecule has 1 heterocycles. The van der Waals surface area contributed by atoms with Gasteiger partial charge >= 0.3 is 6.15 Å². The maximum absolute atomic E-state index is 12.1. The van der Waals surface area contributed by atoms with Crippen molar-refractivity contribution < 1.29 is 23.9 Å². The number of anilines is 1. The van der Waals surface area contributed by atoms with E-state index in [0.29, 0.717) is 12.3 Å². The third-order valence-corrected chi connectivity index (χ3v) is 5.05. The largest absolute Gasteiger partial charge is 0.490 e. The maximum atomic E-state index is 12.1. The van der Waals surface area contributed by atoms with E-state index in [1.807, 2.05) is 38.1 Å². The third kappa shape index (κ3) is 6.27. The molecule has 1 unspecified atom stereocenters. The topological polar surface area (TPSA) is 121 Å². The van der Waals surface area contributed by atoms with Gasteiger partial charge in [0.25, 0.3) is 0 Å². The standard InChI is InChI=1S/C21H29N3O3.CO2/c1-4-26-14(3)21(25)24-15-8-10-16(11-9-15)27-19-7-5-6-18-20(19)17(22)12-13(2)23-18;2-1-3/h5-7,12,14-16H,4,8-11H2,1-3H3,(H2,22,23)(H,24,25);. The van der Waals surface area contributed by atoms with Crippen molar-refractivity contribution in [1.82, 2.24) is 10.3 Å². The number of amides is 1. The first-order chi connectivity index (χ1) is 14.4. The molecule has 162 valence electrons. The highest BCUT2D eigenvalue weighted by Gasteiger charge is 2.25. The van der Waals surface area contributed by atoms with E-state index in [1.54, 1.807) is 6.92 Å². The van der Waals surface area contributed by atoms with Crippen LogP contribution in [0.4, 0.5) is 5.69 Å². The van der Waals surface area contributed by atoms with Crippen LogP contribution in [-0.2, 0) is 19.1 Å². The molecule has 8 heteroatoms. The van der Waals surface area contributed by atoms with Crippen LogP contribution in [0.3, 0.4) is 0 Å². The normalized spacial score (nSPS) is 19.2. The summed E-state index contributed by atoms with van der Waals surface area (Å²) in [6.07, 6.45) is 3.54. The number of ether oxygens (including phenoxy) is 2. The minimum Gasteiger partial charge on any atom is -0.490 e. The van der Waals surface area contributed by atoms with Gasteiger partial charge in [0.1, 0.15) is 11.9 Å². The van der Waals surface area contributed by atoms with Crippen LogP contribution in [-0.4, -0.2) is 41.9 Å². The molecular formula is C22H29N3O5. The fourth-order valence-electron chi connectivity index (χ4n) is 3.67. The highest BCUT2D eigenvalue weighted by Crippen LogP contribution is 2.33. The number of nitrogens with two attached hydrogens (primary N) is 1. The summed E-state index contributed by atoms with van der Waals surface area (Å²) in [6, 6.07) is 7.92. The van der Waals surface area contributed by atoms with Crippen molar-refractivity contribution in [3.05, 3.63) is 30.0 Å². The molecule has 2 aromatic rings. The Bertz CT molecular complexity index is 888. The van der Waals surface area contributed by atoms with Crippen molar-refractivity contribution in [2.24, 2.45) is 0 Å². The fourth-order valence-corrected chi connectivity index (χ4v) is 3.67.